The van der Waals surface area contributed by atoms with Crippen LogP contribution >= 0.6 is 0 Å². The zero-order valence-corrected chi connectivity index (χ0v) is 16.1. The lowest BCUT2D eigenvalue weighted by atomic mass is 10.2. The van der Waals surface area contributed by atoms with Gasteiger partial charge in [-0.1, -0.05) is 6.92 Å². The fourth-order valence-electron chi connectivity index (χ4n) is 1.73. The lowest BCUT2D eigenvalue weighted by Gasteiger charge is -2.23. The van der Waals surface area contributed by atoms with Crippen LogP contribution in [-0.4, -0.2) is 61.3 Å². The minimum absolute atomic E-state index is 0.224. The standard InChI is InChI=1S/C17H33NO6/c1-8-9-18(10-12-21-14(19)23-16(2,3)4)11-13-22-15(20)24-17(5,6)7/h8-13H2,1-7H3. The molecule has 24 heavy (non-hydrogen) atoms. The van der Waals surface area contributed by atoms with Crippen molar-refractivity contribution in [2.24, 2.45) is 0 Å². The molecule has 142 valence electrons. The summed E-state index contributed by atoms with van der Waals surface area (Å²) >= 11 is 0. The number of nitrogens with zero attached hydrogens (tertiary/aromatic N) is 1. The second-order valence-electron chi connectivity index (χ2n) is 7.47. The van der Waals surface area contributed by atoms with Crippen LogP contribution in [0.3, 0.4) is 0 Å². The zero-order chi connectivity index (χ0) is 18.8. The average molecular weight is 347 g/mol. The predicted octanol–water partition coefficient (Wildman–Crippen LogP) is 3.60. The molecule has 0 rings (SSSR count). The Bertz CT molecular complexity index is 350. The molecule has 0 radical (unpaired) electrons. The first-order valence-electron chi connectivity index (χ1n) is 8.37. The van der Waals surface area contributed by atoms with Crippen molar-refractivity contribution < 1.29 is 28.5 Å². The highest BCUT2D eigenvalue weighted by molar-refractivity contribution is 5.60. The van der Waals surface area contributed by atoms with Crippen molar-refractivity contribution in [1.82, 2.24) is 4.90 Å². The van der Waals surface area contributed by atoms with Crippen LogP contribution in [0.4, 0.5) is 9.59 Å². The Kier molecular flexibility index (Phi) is 9.73. The Hall–Kier alpha value is -1.50. The second kappa shape index (κ2) is 10.4. The number of ether oxygens (including phenoxy) is 4. The maximum Gasteiger partial charge on any atom is 0.508 e. The van der Waals surface area contributed by atoms with Crippen molar-refractivity contribution in [2.75, 3.05) is 32.8 Å². The van der Waals surface area contributed by atoms with Crippen LogP contribution in [0.5, 0.6) is 0 Å². The van der Waals surface area contributed by atoms with Crippen molar-refractivity contribution in [3.8, 4) is 0 Å². The van der Waals surface area contributed by atoms with Gasteiger partial charge in [-0.15, -0.1) is 0 Å². The highest BCUT2D eigenvalue weighted by Crippen LogP contribution is 2.09. The molecule has 0 aromatic heterocycles. The van der Waals surface area contributed by atoms with Gasteiger partial charge in [0, 0.05) is 13.1 Å². The van der Waals surface area contributed by atoms with E-state index in [2.05, 4.69) is 11.8 Å². The van der Waals surface area contributed by atoms with Gasteiger partial charge in [-0.05, 0) is 54.5 Å². The van der Waals surface area contributed by atoms with Crippen LogP contribution < -0.4 is 0 Å². The third-order valence-corrected chi connectivity index (χ3v) is 2.57. The van der Waals surface area contributed by atoms with Crippen LogP contribution in [0.25, 0.3) is 0 Å². The van der Waals surface area contributed by atoms with Gasteiger partial charge in [0.05, 0.1) is 0 Å². The number of hydrogen-bond acceptors (Lipinski definition) is 7. The Morgan fingerprint density at radius 3 is 1.42 bits per heavy atom. The summed E-state index contributed by atoms with van der Waals surface area (Å²) < 4.78 is 20.3. The van der Waals surface area contributed by atoms with Crippen LogP contribution in [0.2, 0.25) is 0 Å². The quantitative estimate of drug-likeness (QED) is 0.621. The molecule has 0 saturated carbocycles. The van der Waals surface area contributed by atoms with Gasteiger partial charge >= 0.3 is 12.3 Å². The molecule has 7 heteroatoms. The summed E-state index contributed by atoms with van der Waals surface area (Å²) in [5, 5.41) is 0. The van der Waals surface area contributed by atoms with Gasteiger partial charge in [0.15, 0.2) is 0 Å². The summed E-state index contributed by atoms with van der Waals surface area (Å²) in [7, 11) is 0. The topological polar surface area (TPSA) is 74.3 Å². The molecule has 0 aliphatic rings. The molecular formula is C17H33NO6. The van der Waals surface area contributed by atoms with Gasteiger partial charge in [0.2, 0.25) is 0 Å². The first-order valence-corrected chi connectivity index (χ1v) is 8.37. The maximum atomic E-state index is 11.5. The van der Waals surface area contributed by atoms with Gasteiger partial charge in [-0.25, -0.2) is 9.59 Å². The Balaban J connectivity index is 4.05. The van der Waals surface area contributed by atoms with Gasteiger partial charge in [0.25, 0.3) is 0 Å². The van der Waals surface area contributed by atoms with E-state index in [0.29, 0.717) is 13.1 Å². The third kappa shape index (κ3) is 14.1. The summed E-state index contributed by atoms with van der Waals surface area (Å²) in [5.74, 6) is 0. The third-order valence-electron chi connectivity index (χ3n) is 2.57. The van der Waals surface area contributed by atoms with Gasteiger partial charge in [-0.2, -0.15) is 0 Å². The summed E-state index contributed by atoms with van der Waals surface area (Å²) in [4.78, 5) is 25.0. The zero-order valence-electron chi connectivity index (χ0n) is 16.1. The van der Waals surface area contributed by atoms with Crippen molar-refractivity contribution >= 4 is 12.3 Å². The molecule has 0 atom stereocenters. The number of carbonyl (C=O) groups excluding carboxylic acids is 2. The molecule has 0 aliphatic heterocycles. The van der Waals surface area contributed by atoms with Crippen molar-refractivity contribution in [2.45, 2.75) is 66.1 Å². The molecule has 0 amide bonds. The van der Waals surface area contributed by atoms with Crippen LogP contribution in [-0.2, 0) is 18.9 Å². The van der Waals surface area contributed by atoms with E-state index in [4.69, 9.17) is 18.9 Å². The molecular weight excluding hydrogens is 314 g/mol. The van der Waals surface area contributed by atoms with E-state index in [0.717, 1.165) is 13.0 Å². The van der Waals surface area contributed by atoms with Crippen LogP contribution in [0.1, 0.15) is 54.9 Å². The minimum atomic E-state index is -0.677. The summed E-state index contributed by atoms with van der Waals surface area (Å²) in [6.07, 6.45) is -0.410. The minimum Gasteiger partial charge on any atom is -0.433 e. The van der Waals surface area contributed by atoms with E-state index in [1.54, 1.807) is 41.5 Å². The fraction of sp³-hybridized carbons (Fsp3) is 0.882. The smallest absolute Gasteiger partial charge is 0.433 e. The number of hydrogen-bond donors (Lipinski definition) is 0. The predicted molar refractivity (Wildman–Crippen MR) is 91.1 cm³/mol. The average Bonchev–Trinajstić information content (AvgIpc) is 2.34. The van der Waals surface area contributed by atoms with E-state index in [9.17, 15) is 9.59 Å². The highest BCUT2D eigenvalue weighted by Gasteiger charge is 2.19. The lowest BCUT2D eigenvalue weighted by molar-refractivity contribution is -0.0151. The second-order valence-corrected chi connectivity index (χ2v) is 7.47. The molecule has 0 heterocycles. The van der Waals surface area contributed by atoms with E-state index in [1.165, 1.54) is 0 Å². The molecule has 0 spiro atoms. The van der Waals surface area contributed by atoms with Gasteiger partial charge in [0.1, 0.15) is 24.4 Å². The van der Waals surface area contributed by atoms with Crippen molar-refractivity contribution in [3.63, 3.8) is 0 Å². The van der Waals surface area contributed by atoms with E-state index in [1.807, 2.05) is 0 Å². The normalized spacial score (nSPS) is 12.0. The van der Waals surface area contributed by atoms with Gasteiger partial charge < -0.3 is 18.9 Å². The van der Waals surface area contributed by atoms with Crippen molar-refractivity contribution in [3.05, 3.63) is 0 Å². The first kappa shape index (κ1) is 22.5. The number of rotatable bonds is 8. The van der Waals surface area contributed by atoms with Gasteiger partial charge in [-0.3, -0.25) is 4.90 Å². The fourth-order valence-corrected chi connectivity index (χ4v) is 1.73. The summed E-state index contributed by atoms with van der Waals surface area (Å²) in [5.41, 5.74) is -1.14. The Morgan fingerprint density at radius 2 is 1.12 bits per heavy atom. The molecule has 0 fully saturated rings. The molecule has 0 bridgehead atoms. The SMILES string of the molecule is CCCN(CCOC(=O)OC(C)(C)C)CCOC(=O)OC(C)(C)C. The molecule has 0 aliphatic carbocycles. The van der Waals surface area contributed by atoms with E-state index in [-0.39, 0.29) is 13.2 Å². The molecule has 0 N–H and O–H groups in total. The Morgan fingerprint density at radius 1 is 0.750 bits per heavy atom. The molecule has 7 nitrogen and oxygen atoms in total. The Labute approximate surface area is 145 Å². The lowest BCUT2D eigenvalue weighted by Crippen LogP contribution is -2.34. The summed E-state index contributed by atoms with van der Waals surface area (Å²) in [6.45, 7) is 15.1. The monoisotopic (exact) mass is 347 g/mol. The molecule has 0 unspecified atom stereocenters. The summed E-state index contributed by atoms with van der Waals surface area (Å²) in [6, 6.07) is 0. The van der Waals surface area contributed by atoms with Crippen LogP contribution in [0, 0.1) is 0 Å². The van der Waals surface area contributed by atoms with E-state index < -0.39 is 23.5 Å². The molecule has 0 saturated heterocycles. The molecule has 0 aromatic rings. The highest BCUT2D eigenvalue weighted by atomic mass is 16.7. The first-order chi connectivity index (χ1) is 10.9. The largest absolute Gasteiger partial charge is 0.508 e. The van der Waals surface area contributed by atoms with Crippen LogP contribution in [0.15, 0.2) is 0 Å². The molecule has 0 aromatic carbocycles. The van der Waals surface area contributed by atoms with Crippen molar-refractivity contribution in [1.29, 1.82) is 0 Å². The van der Waals surface area contributed by atoms with E-state index >= 15 is 0 Å². The maximum absolute atomic E-state index is 11.5. The number of carbonyl (C=O) groups is 2.